The molecule has 0 spiro atoms. The van der Waals surface area contributed by atoms with E-state index in [-0.39, 0.29) is 0 Å². The molecular weight excluding hydrogens is 242 g/mol. The minimum atomic E-state index is 0.383. The van der Waals surface area contributed by atoms with Crippen LogP contribution >= 0.6 is 11.3 Å². The first-order valence-electron chi connectivity index (χ1n) is 7.02. The number of nitrogens with zero attached hydrogens (tertiary/aromatic N) is 2. The Morgan fingerprint density at radius 3 is 2.56 bits per heavy atom. The van der Waals surface area contributed by atoms with Crippen LogP contribution in [-0.2, 0) is 0 Å². The van der Waals surface area contributed by atoms with E-state index >= 15 is 0 Å². The molecule has 1 atom stereocenters. The molecule has 0 amide bonds. The summed E-state index contributed by atoms with van der Waals surface area (Å²) in [7, 11) is 0. The van der Waals surface area contributed by atoms with E-state index in [1.807, 2.05) is 0 Å². The average molecular weight is 267 g/mol. The zero-order chi connectivity index (χ0) is 13.1. The Morgan fingerprint density at radius 2 is 2.06 bits per heavy atom. The van der Waals surface area contributed by atoms with Gasteiger partial charge >= 0.3 is 0 Å². The molecule has 2 heterocycles. The monoisotopic (exact) mass is 267 g/mol. The largest absolute Gasteiger partial charge is 0.306 e. The molecule has 1 fully saturated rings. The maximum atomic E-state index is 4.65. The van der Waals surface area contributed by atoms with Gasteiger partial charge in [0.25, 0.3) is 0 Å². The molecule has 0 radical (unpaired) electrons. The van der Waals surface area contributed by atoms with Gasteiger partial charge in [0.1, 0.15) is 0 Å². The van der Waals surface area contributed by atoms with Crippen LogP contribution in [0.2, 0.25) is 0 Å². The Bertz CT molecular complexity index is 380. The number of piperidine rings is 1. The van der Waals surface area contributed by atoms with Crippen molar-refractivity contribution in [2.45, 2.75) is 52.6 Å². The van der Waals surface area contributed by atoms with Crippen molar-refractivity contribution in [3.05, 3.63) is 15.6 Å². The molecule has 0 bridgehead atoms. The van der Waals surface area contributed by atoms with Crippen molar-refractivity contribution in [3.8, 4) is 0 Å². The fourth-order valence-corrected chi connectivity index (χ4v) is 3.71. The highest BCUT2D eigenvalue weighted by molar-refractivity contribution is 7.11. The van der Waals surface area contributed by atoms with Gasteiger partial charge in [0.15, 0.2) is 0 Å². The Balaban J connectivity index is 1.88. The van der Waals surface area contributed by atoms with E-state index in [1.165, 1.54) is 48.1 Å². The Hall–Kier alpha value is -0.450. The third kappa shape index (κ3) is 3.31. The molecule has 1 unspecified atom stereocenters. The first kappa shape index (κ1) is 14.0. The van der Waals surface area contributed by atoms with E-state index < -0.39 is 0 Å². The van der Waals surface area contributed by atoms with Gasteiger partial charge in [0, 0.05) is 17.0 Å². The van der Waals surface area contributed by atoms with Crippen molar-refractivity contribution in [2.24, 2.45) is 0 Å². The van der Waals surface area contributed by atoms with Gasteiger partial charge in [-0.3, -0.25) is 0 Å². The van der Waals surface area contributed by atoms with Crippen molar-refractivity contribution >= 4 is 11.3 Å². The number of nitrogens with one attached hydrogen (secondary N) is 1. The molecular formula is C14H25N3S. The zero-order valence-electron chi connectivity index (χ0n) is 12.0. The first-order valence-corrected chi connectivity index (χ1v) is 7.84. The van der Waals surface area contributed by atoms with Gasteiger partial charge in [0.2, 0.25) is 0 Å². The van der Waals surface area contributed by atoms with Gasteiger partial charge in [-0.2, -0.15) is 0 Å². The number of thiazole rings is 1. The summed E-state index contributed by atoms with van der Waals surface area (Å²) in [5.41, 5.74) is 1.25. The van der Waals surface area contributed by atoms with E-state index in [0.717, 1.165) is 0 Å². The molecule has 1 N–H and O–H groups in total. The number of likely N-dealkylation sites (tertiary alicyclic amines) is 1. The van der Waals surface area contributed by atoms with Crippen molar-refractivity contribution in [2.75, 3.05) is 19.6 Å². The Kier molecular flexibility index (Phi) is 4.76. The van der Waals surface area contributed by atoms with E-state index in [4.69, 9.17) is 0 Å². The molecule has 1 aliphatic heterocycles. The average Bonchev–Trinajstić information content (AvgIpc) is 2.69. The van der Waals surface area contributed by atoms with Gasteiger partial charge in [-0.15, -0.1) is 11.3 Å². The maximum absolute atomic E-state index is 4.65. The van der Waals surface area contributed by atoms with Crippen LogP contribution in [0, 0.1) is 13.8 Å². The highest BCUT2D eigenvalue weighted by Gasteiger charge is 2.21. The Morgan fingerprint density at radius 1 is 1.39 bits per heavy atom. The normalized spacial score (nSPS) is 20.2. The predicted molar refractivity (Wildman–Crippen MR) is 78.3 cm³/mol. The summed E-state index contributed by atoms with van der Waals surface area (Å²) in [4.78, 5) is 8.54. The lowest BCUT2D eigenvalue weighted by atomic mass is 10.0. The lowest BCUT2D eigenvalue weighted by Gasteiger charge is -2.33. The van der Waals surface area contributed by atoms with Crippen LogP contribution in [0.3, 0.4) is 0 Å². The first-order chi connectivity index (χ1) is 8.60. The summed E-state index contributed by atoms with van der Waals surface area (Å²) in [5, 5.41) is 4.93. The second-order valence-corrected chi connectivity index (χ2v) is 6.68. The number of hydrogen-bond donors (Lipinski definition) is 1. The SMILES string of the molecule is CCN1CCC(NC(C)c2nc(C)sc2C)CC1. The topological polar surface area (TPSA) is 28.2 Å². The van der Waals surface area contributed by atoms with Gasteiger partial charge < -0.3 is 10.2 Å². The summed E-state index contributed by atoms with van der Waals surface area (Å²) in [6.45, 7) is 12.4. The predicted octanol–water partition coefficient (Wildman–Crippen LogP) is 2.89. The second-order valence-electron chi connectivity index (χ2n) is 5.27. The van der Waals surface area contributed by atoms with Crippen LogP contribution < -0.4 is 5.32 Å². The smallest absolute Gasteiger partial charge is 0.0900 e. The third-order valence-corrected chi connectivity index (χ3v) is 4.77. The highest BCUT2D eigenvalue weighted by atomic mass is 32.1. The summed E-state index contributed by atoms with van der Waals surface area (Å²) in [5.74, 6) is 0. The number of aryl methyl sites for hydroxylation is 2. The van der Waals surface area contributed by atoms with Crippen molar-refractivity contribution in [3.63, 3.8) is 0 Å². The van der Waals surface area contributed by atoms with E-state index in [9.17, 15) is 0 Å². The molecule has 2 rings (SSSR count). The lowest BCUT2D eigenvalue weighted by Crippen LogP contribution is -2.43. The quantitative estimate of drug-likeness (QED) is 0.909. The molecule has 1 aliphatic rings. The van der Waals surface area contributed by atoms with Crippen LogP contribution in [0.4, 0.5) is 0 Å². The van der Waals surface area contributed by atoms with E-state index in [1.54, 1.807) is 11.3 Å². The summed E-state index contributed by atoms with van der Waals surface area (Å²) >= 11 is 1.80. The van der Waals surface area contributed by atoms with Gasteiger partial charge in [-0.05, 0) is 53.2 Å². The van der Waals surface area contributed by atoms with Crippen molar-refractivity contribution < 1.29 is 0 Å². The van der Waals surface area contributed by atoms with Crippen LogP contribution in [0.5, 0.6) is 0 Å². The standard InChI is InChI=1S/C14H25N3S/c1-5-17-8-6-13(7-9-17)15-10(2)14-11(3)18-12(4)16-14/h10,13,15H,5-9H2,1-4H3. The maximum Gasteiger partial charge on any atom is 0.0900 e. The summed E-state index contributed by atoms with van der Waals surface area (Å²) in [6, 6.07) is 1.04. The fraction of sp³-hybridized carbons (Fsp3) is 0.786. The minimum absolute atomic E-state index is 0.383. The summed E-state index contributed by atoms with van der Waals surface area (Å²) < 4.78 is 0. The van der Waals surface area contributed by atoms with Crippen LogP contribution in [0.25, 0.3) is 0 Å². The second kappa shape index (κ2) is 6.13. The third-order valence-electron chi connectivity index (χ3n) is 3.87. The van der Waals surface area contributed by atoms with E-state index in [0.29, 0.717) is 12.1 Å². The Labute approximate surface area is 115 Å². The molecule has 0 aliphatic carbocycles. The zero-order valence-corrected chi connectivity index (χ0v) is 12.8. The molecule has 3 nitrogen and oxygen atoms in total. The lowest BCUT2D eigenvalue weighted by molar-refractivity contribution is 0.200. The minimum Gasteiger partial charge on any atom is -0.306 e. The molecule has 1 saturated heterocycles. The molecule has 0 aromatic carbocycles. The molecule has 1 aromatic rings. The van der Waals surface area contributed by atoms with Crippen molar-refractivity contribution in [1.82, 2.24) is 15.2 Å². The van der Waals surface area contributed by atoms with E-state index in [2.05, 4.69) is 42.9 Å². The molecule has 4 heteroatoms. The molecule has 18 heavy (non-hydrogen) atoms. The van der Waals surface area contributed by atoms with Gasteiger partial charge in [-0.1, -0.05) is 6.92 Å². The number of aromatic nitrogens is 1. The fourth-order valence-electron chi connectivity index (χ4n) is 2.80. The molecule has 1 aromatic heterocycles. The van der Waals surface area contributed by atoms with Gasteiger partial charge in [0.05, 0.1) is 10.7 Å². The van der Waals surface area contributed by atoms with Crippen LogP contribution in [-0.4, -0.2) is 35.6 Å². The van der Waals surface area contributed by atoms with Crippen LogP contribution in [0.15, 0.2) is 0 Å². The summed E-state index contributed by atoms with van der Waals surface area (Å²) in [6.07, 6.45) is 2.53. The molecule has 102 valence electrons. The highest BCUT2D eigenvalue weighted by Crippen LogP contribution is 2.24. The number of rotatable bonds is 4. The van der Waals surface area contributed by atoms with Crippen LogP contribution in [0.1, 0.15) is 48.3 Å². The van der Waals surface area contributed by atoms with Gasteiger partial charge in [-0.25, -0.2) is 4.98 Å². The molecule has 0 saturated carbocycles. The number of hydrogen-bond acceptors (Lipinski definition) is 4. The van der Waals surface area contributed by atoms with Crippen molar-refractivity contribution in [1.29, 1.82) is 0 Å².